The molecule has 21 heavy (non-hydrogen) atoms. The highest BCUT2D eigenvalue weighted by atomic mass is 16.4. The third-order valence-electron chi connectivity index (χ3n) is 2.79. The van der Waals surface area contributed by atoms with Gasteiger partial charge in [-0.1, -0.05) is 35.5 Å². The van der Waals surface area contributed by atoms with Gasteiger partial charge < -0.3 is 16.2 Å². The highest BCUT2D eigenvalue weighted by Gasteiger charge is 2.21. The number of carboxylic acid groups (broad SMARTS) is 1. The summed E-state index contributed by atoms with van der Waals surface area (Å²) in [6.07, 6.45) is 1.54. The van der Waals surface area contributed by atoms with Crippen LogP contribution in [0.3, 0.4) is 0 Å². The Balaban J connectivity index is 2.03. The van der Waals surface area contributed by atoms with Crippen molar-refractivity contribution in [3.8, 4) is 0 Å². The van der Waals surface area contributed by atoms with Crippen molar-refractivity contribution in [2.75, 3.05) is 0 Å². The van der Waals surface area contributed by atoms with Gasteiger partial charge in [0.25, 0.3) is 0 Å². The number of nitrogens with two attached hydrogens (primary N) is 1. The smallest absolute Gasteiger partial charge is 0.330 e. The number of nitrogens with one attached hydrogen (secondary N) is 1. The Morgan fingerprint density at radius 1 is 1.33 bits per heavy atom. The molecule has 8 heteroatoms. The Hall–Kier alpha value is -2.74. The topological polar surface area (TPSA) is 123 Å². The summed E-state index contributed by atoms with van der Waals surface area (Å²) < 4.78 is 1.31. The Labute approximate surface area is 120 Å². The number of aromatic nitrogens is 3. The van der Waals surface area contributed by atoms with E-state index in [9.17, 15) is 14.7 Å². The second-order valence-electron chi connectivity index (χ2n) is 4.36. The van der Waals surface area contributed by atoms with Gasteiger partial charge in [-0.25, -0.2) is 9.48 Å². The van der Waals surface area contributed by atoms with Gasteiger partial charge >= 0.3 is 5.97 Å². The average molecular weight is 289 g/mol. The number of carbonyl (C=O) groups is 2. The number of nitrogens with zero attached hydrogens (tertiary/aromatic N) is 3. The molecule has 1 aromatic heterocycles. The highest BCUT2D eigenvalue weighted by molar-refractivity contribution is 5.84. The minimum atomic E-state index is -1.13. The molecule has 0 aliphatic rings. The molecule has 1 unspecified atom stereocenters. The number of amides is 1. The molecular formula is C13H15N5O3. The summed E-state index contributed by atoms with van der Waals surface area (Å²) in [5.74, 6) is -1.60. The molecule has 2 rings (SSSR count). The van der Waals surface area contributed by atoms with Gasteiger partial charge in [0, 0.05) is 6.54 Å². The van der Waals surface area contributed by atoms with E-state index in [0.717, 1.165) is 0 Å². The fourth-order valence-corrected chi connectivity index (χ4v) is 1.80. The first kappa shape index (κ1) is 14.7. The van der Waals surface area contributed by atoms with Crippen molar-refractivity contribution >= 4 is 11.9 Å². The average Bonchev–Trinajstić information content (AvgIpc) is 2.93. The zero-order valence-corrected chi connectivity index (χ0v) is 11.1. The Morgan fingerprint density at radius 3 is 2.62 bits per heavy atom. The molecule has 2 aromatic rings. The first-order valence-corrected chi connectivity index (χ1v) is 6.26. The Kier molecular flexibility index (Phi) is 4.62. The molecule has 0 spiro atoms. The van der Waals surface area contributed by atoms with Crippen LogP contribution in [0.1, 0.15) is 17.3 Å². The van der Waals surface area contributed by atoms with Gasteiger partial charge in [0.15, 0.2) is 6.04 Å². The lowest BCUT2D eigenvalue weighted by atomic mass is 10.1. The van der Waals surface area contributed by atoms with E-state index in [-0.39, 0.29) is 13.1 Å². The molecule has 1 aromatic carbocycles. The summed E-state index contributed by atoms with van der Waals surface area (Å²) in [5, 5.41) is 19.2. The van der Waals surface area contributed by atoms with E-state index in [1.54, 1.807) is 30.3 Å². The van der Waals surface area contributed by atoms with Crippen LogP contribution < -0.4 is 11.1 Å². The molecule has 1 amide bonds. The van der Waals surface area contributed by atoms with Crippen molar-refractivity contribution in [3.63, 3.8) is 0 Å². The summed E-state index contributed by atoms with van der Waals surface area (Å²) in [6.45, 7) is 0.104. The summed E-state index contributed by atoms with van der Waals surface area (Å²) in [6, 6.07) is 7.37. The summed E-state index contributed by atoms with van der Waals surface area (Å²) in [7, 11) is 0. The minimum absolute atomic E-state index is 0.121. The van der Waals surface area contributed by atoms with Gasteiger partial charge in [-0.15, -0.1) is 5.10 Å². The lowest BCUT2D eigenvalue weighted by molar-refractivity contribution is -0.142. The van der Waals surface area contributed by atoms with E-state index in [2.05, 4.69) is 15.6 Å². The summed E-state index contributed by atoms with van der Waals surface area (Å²) >= 11 is 0. The van der Waals surface area contributed by atoms with Crippen molar-refractivity contribution < 1.29 is 14.7 Å². The first-order chi connectivity index (χ1) is 10.1. The first-order valence-electron chi connectivity index (χ1n) is 6.26. The van der Waals surface area contributed by atoms with Crippen LogP contribution in [0, 0.1) is 0 Å². The molecule has 1 atom stereocenters. The Morgan fingerprint density at radius 2 is 2.05 bits per heavy atom. The van der Waals surface area contributed by atoms with Gasteiger partial charge in [0.1, 0.15) is 6.54 Å². The van der Waals surface area contributed by atoms with Crippen molar-refractivity contribution in [2.24, 2.45) is 5.73 Å². The van der Waals surface area contributed by atoms with Crippen LogP contribution >= 0.6 is 0 Å². The molecule has 0 aliphatic heterocycles. The van der Waals surface area contributed by atoms with Crippen LogP contribution in [0.15, 0.2) is 36.5 Å². The van der Waals surface area contributed by atoms with E-state index < -0.39 is 17.9 Å². The van der Waals surface area contributed by atoms with E-state index in [0.29, 0.717) is 11.3 Å². The maximum Gasteiger partial charge on any atom is 0.330 e. The van der Waals surface area contributed by atoms with Gasteiger partial charge in [-0.2, -0.15) is 0 Å². The van der Waals surface area contributed by atoms with Crippen LogP contribution in [-0.4, -0.2) is 32.0 Å². The van der Waals surface area contributed by atoms with Gasteiger partial charge in [0.2, 0.25) is 5.91 Å². The molecule has 0 aliphatic carbocycles. The maximum atomic E-state index is 11.9. The predicted octanol–water partition coefficient (Wildman–Crippen LogP) is -0.321. The second-order valence-corrected chi connectivity index (χ2v) is 4.36. The largest absolute Gasteiger partial charge is 0.479 e. The second kappa shape index (κ2) is 6.62. The fraction of sp³-hybridized carbons (Fsp3) is 0.231. The van der Waals surface area contributed by atoms with Crippen LogP contribution in [0.25, 0.3) is 0 Å². The molecule has 4 N–H and O–H groups in total. The van der Waals surface area contributed by atoms with E-state index in [1.807, 2.05) is 0 Å². The van der Waals surface area contributed by atoms with Crippen molar-refractivity contribution in [3.05, 3.63) is 47.8 Å². The van der Waals surface area contributed by atoms with Crippen LogP contribution in [0.5, 0.6) is 0 Å². The molecule has 0 radical (unpaired) electrons. The number of carbonyl (C=O) groups excluding carboxylic acids is 1. The zero-order valence-electron chi connectivity index (χ0n) is 11.1. The van der Waals surface area contributed by atoms with E-state index in [4.69, 9.17) is 5.73 Å². The molecule has 0 saturated heterocycles. The third-order valence-corrected chi connectivity index (χ3v) is 2.79. The minimum Gasteiger partial charge on any atom is -0.479 e. The number of hydrogen-bond acceptors (Lipinski definition) is 5. The molecule has 0 saturated carbocycles. The van der Waals surface area contributed by atoms with Crippen molar-refractivity contribution in [2.45, 2.75) is 19.1 Å². The lowest BCUT2D eigenvalue weighted by Crippen LogP contribution is -2.36. The number of carboxylic acids is 1. The quantitative estimate of drug-likeness (QED) is 0.669. The van der Waals surface area contributed by atoms with Gasteiger partial charge in [-0.3, -0.25) is 4.79 Å². The van der Waals surface area contributed by atoms with Crippen LogP contribution in [0.4, 0.5) is 0 Å². The van der Waals surface area contributed by atoms with Gasteiger partial charge in [0.05, 0.1) is 11.9 Å². The molecule has 110 valence electrons. The monoisotopic (exact) mass is 289 g/mol. The van der Waals surface area contributed by atoms with Crippen molar-refractivity contribution in [1.29, 1.82) is 0 Å². The number of aliphatic carboxylic acids is 1. The number of benzene rings is 1. The summed E-state index contributed by atoms with van der Waals surface area (Å²) in [4.78, 5) is 23.2. The van der Waals surface area contributed by atoms with E-state index in [1.165, 1.54) is 10.9 Å². The zero-order chi connectivity index (χ0) is 15.2. The number of rotatable bonds is 6. The van der Waals surface area contributed by atoms with E-state index >= 15 is 0 Å². The maximum absolute atomic E-state index is 11.9. The lowest BCUT2D eigenvalue weighted by Gasteiger charge is -2.14. The summed E-state index contributed by atoms with van der Waals surface area (Å²) in [5.41, 5.74) is 6.45. The van der Waals surface area contributed by atoms with Crippen LogP contribution in [0.2, 0.25) is 0 Å². The number of hydrogen-bond donors (Lipinski definition) is 3. The molecule has 0 fully saturated rings. The molecular weight excluding hydrogens is 274 g/mol. The highest BCUT2D eigenvalue weighted by Crippen LogP contribution is 2.12. The van der Waals surface area contributed by atoms with Gasteiger partial charge in [-0.05, 0) is 5.56 Å². The third kappa shape index (κ3) is 3.86. The molecule has 1 heterocycles. The Bertz CT molecular complexity index is 626. The van der Waals surface area contributed by atoms with Crippen molar-refractivity contribution in [1.82, 2.24) is 20.3 Å². The fourth-order valence-electron chi connectivity index (χ4n) is 1.80. The normalized spacial score (nSPS) is 11.9. The van der Waals surface area contributed by atoms with Crippen LogP contribution in [-0.2, 0) is 22.7 Å². The molecule has 8 nitrogen and oxygen atoms in total. The standard InChI is InChI=1S/C13H15N5O3/c14-6-10-7-18(17-16-10)8-11(19)15-12(13(20)21)9-4-2-1-3-5-9/h1-5,7,12H,6,8,14H2,(H,15,19)(H,20,21). The molecule has 0 bridgehead atoms. The SMILES string of the molecule is NCc1cn(CC(=O)NC(C(=O)O)c2ccccc2)nn1. The predicted molar refractivity (Wildman–Crippen MR) is 72.9 cm³/mol.